The van der Waals surface area contributed by atoms with E-state index in [1.807, 2.05) is 31.1 Å². The normalized spacial score (nSPS) is 11.1. The lowest BCUT2D eigenvalue weighted by Crippen LogP contribution is -2.14. The number of nitrogens with zero attached hydrogens (tertiary/aromatic N) is 2. The van der Waals surface area contributed by atoms with Crippen LogP contribution in [0.3, 0.4) is 0 Å². The first-order valence-corrected chi connectivity index (χ1v) is 4.70. The van der Waals surface area contributed by atoms with Gasteiger partial charge >= 0.3 is 5.63 Å². The zero-order chi connectivity index (χ0) is 10.8. The van der Waals surface area contributed by atoms with Crippen molar-refractivity contribution in [2.75, 3.05) is 14.1 Å². The Morgan fingerprint density at radius 3 is 2.80 bits per heavy atom. The topological polar surface area (TPSA) is 46.3 Å². The van der Waals surface area contributed by atoms with Gasteiger partial charge in [0.15, 0.2) is 0 Å². The van der Waals surface area contributed by atoms with E-state index in [-0.39, 0.29) is 5.63 Å². The monoisotopic (exact) mass is 204 g/mol. The molecule has 0 saturated carbocycles. The van der Waals surface area contributed by atoms with E-state index in [2.05, 4.69) is 4.98 Å². The molecule has 15 heavy (non-hydrogen) atoms. The zero-order valence-corrected chi connectivity index (χ0v) is 8.73. The lowest BCUT2D eigenvalue weighted by Gasteiger charge is -2.07. The third kappa shape index (κ3) is 2.05. The third-order valence-electron chi connectivity index (χ3n) is 2.03. The van der Waals surface area contributed by atoms with Gasteiger partial charge in [0.1, 0.15) is 0 Å². The second kappa shape index (κ2) is 3.82. The third-order valence-corrected chi connectivity index (χ3v) is 2.03. The SMILES string of the molecule is CN(C)Cc1nc2ccccc2c(=O)o1. The lowest BCUT2D eigenvalue weighted by molar-refractivity contribution is 0.325. The molecule has 0 aliphatic rings. The van der Waals surface area contributed by atoms with Crippen molar-refractivity contribution in [3.05, 3.63) is 40.6 Å². The Balaban J connectivity index is 2.57. The van der Waals surface area contributed by atoms with Crippen LogP contribution in [0.2, 0.25) is 0 Å². The number of hydrogen-bond donors (Lipinski definition) is 0. The molecule has 1 aromatic carbocycles. The van der Waals surface area contributed by atoms with Gasteiger partial charge in [-0.1, -0.05) is 12.1 Å². The van der Waals surface area contributed by atoms with Gasteiger partial charge < -0.3 is 9.32 Å². The molecule has 1 aromatic heterocycles. The minimum absolute atomic E-state index is 0.322. The number of aromatic nitrogens is 1. The van der Waals surface area contributed by atoms with Crippen LogP contribution in [-0.4, -0.2) is 24.0 Å². The van der Waals surface area contributed by atoms with Crippen LogP contribution in [0.1, 0.15) is 5.89 Å². The van der Waals surface area contributed by atoms with Gasteiger partial charge in [0, 0.05) is 0 Å². The summed E-state index contributed by atoms with van der Waals surface area (Å²) < 4.78 is 5.09. The summed E-state index contributed by atoms with van der Waals surface area (Å²) in [5.41, 5.74) is 0.364. The summed E-state index contributed by atoms with van der Waals surface area (Å²) in [5, 5.41) is 0.528. The molecule has 0 bridgehead atoms. The maximum absolute atomic E-state index is 11.6. The molecule has 0 fully saturated rings. The molecule has 0 amide bonds. The highest BCUT2D eigenvalue weighted by Gasteiger charge is 2.05. The Morgan fingerprint density at radius 1 is 1.33 bits per heavy atom. The Labute approximate surface area is 87.2 Å². The largest absolute Gasteiger partial charge is 0.406 e. The number of hydrogen-bond acceptors (Lipinski definition) is 4. The van der Waals surface area contributed by atoms with Crippen molar-refractivity contribution in [1.29, 1.82) is 0 Å². The molecule has 0 unspecified atom stereocenters. The first kappa shape index (κ1) is 9.86. The minimum atomic E-state index is -0.322. The van der Waals surface area contributed by atoms with Crippen LogP contribution in [0.25, 0.3) is 10.9 Å². The Morgan fingerprint density at radius 2 is 2.07 bits per heavy atom. The predicted octanol–water partition coefficient (Wildman–Crippen LogP) is 1.25. The predicted molar refractivity (Wildman–Crippen MR) is 57.7 cm³/mol. The van der Waals surface area contributed by atoms with Crippen molar-refractivity contribution in [2.24, 2.45) is 0 Å². The van der Waals surface area contributed by atoms with Gasteiger partial charge in [0.2, 0.25) is 5.89 Å². The number of fused-ring (bicyclic) bond motifs is 1. The molecule has 0 N–H and O–H groups in total. The fraction of sp³-hybridized carbons (Fsp3) is 0.273. The molecular weight excluding hydrogens is 192 g/mol. The zero-order valence-electron chi connectivity index (χ0n) is 8.73. The molecule has 0 aliphatic heterocycles. The van der Waals surface area contributed by atoms with Crippen molar-refractivity contribution in [3.8, 4) is 0 Å². The Kier molecular flexibility index (Phi) is 2.51. The molecule has 4 heteroatoms. The molecule has 4 nitrogen and oxygen atoms in total. The molecule has 2 rings (SSSR count). The minimum Gasteiger partial charge on any atom is -0.406 e. The van der Waals surface area contributed by atoms with Crippen molar-refractivity contribution in [2.45, 2.75) is 6.54 Å². The molecule has 0 radical (unpaired) electrons. The summed E-state index contributed by atoms with van der Waals surface area (Å²) in [4.78, 5) is 17.7. The van der Waals surface area contributed by atoms with E-state index in [9.17, 15) is 4.79 Å². The Hall–Kier alpha value is -1.68. The highest BCUT2D eigenvalue weighted by molar-refractivity contribution is 5.76. The molecule has 1 heterocycles. The first-order valence-electron chi connectivity index (χ1n) is 4.70. The summed E-state index contributed by atoms with van der Waals surface area (Å²) >= 11 is 0. The first-order chi connectivity index (χ1) is 7.16. The van der Waals surface area contributed by atoms with E-state index in [4.69, 9.17) is 4.42 Å². The van der Waals surface area contributed by atoms with Crippen molar-refractivity contribution < 1.29 is 4.42 Å². The molecule has 2 aromatic rings. The fourth-order valence-electron chi connectivity index (χ4n) is 1.40. The molecule has 0 aliphatic carbocycles. The van der Waals surface area contributed by atoms with Gasteiger partial charge in [-0.15, -0.1) is 0 Å². The van der Waals surface area contributed by atoms with Gasteiger partial charge in [0.25, 0.3) is 0 Å². The summed E-state index contributed by atoms with van der Waals surface area (Å²) in [7, 11) is 3.80. The maximum Gasteiger partial charge on any atom is 0.346 e. The average Bonchev–Trinajstić information content (AvgIpc) is 2.16. The van der Waals surface area contributed by atoms with Gasteiger partial charge in [0.05, 0.1) is 17.4 Å². The number of rotatable bonds is 2. The van der Waals surface area contributed by atoms with Crippen molar-refractivity contribution >= 4 is 10.9 Å². The lowest BCUT2D eigenvalue weighted by atomic mass is 10.2. The molecule has 0 spiro atoms. The van der Waals surface area contributed by atoms with E-state index < -0.39 is 0 Å². The van der Waals surface area contributed by atoms with Crippen LogP contribution < -0.4 is 5.63 Å². The second-order valence-corrected chi connectivity index (χ2v) is 3.65. The van der Waals surface area contributed by atoms with Crippen LogP contribution in [-0.2, 0) is 6.54 Å². The second-order valence-electron chi connectivity index (χ2n) is 3.65. The van der Waals surface area contributed by atoms with Gasteiger partial charge in [-0.3, -0.25) is 0 Å². The van der Waals surface area contributed by atoms with Crippen molar-refractivity contribution in [1.82, 2.24) is 9.88 Å². The molecule has 78 valence electrons. The highest BCUT2D eigenvalue weighted by Crippen LogP contribution is 2.07. The number of benzene rings is 1. The van der Waals surface area contributed by atoms with E-state index >= 15 is 0 Å². The van der Waals surface area contributed by atoms with Crippen molar-refractivity contribution in [3.63, 3.8) is 0 Å². The van der Waals surface area contributed by atoms with Crippen LogP contribution in [0.5, 0.6) is 0 Å². The van der Waals surface area contributed by atoms with Gasteiger partial charge in [-0.25, -0.2) is 9.78 Å². The van der Waals surface area contributed by atoms with E-state index in [0.29, 0.717) is 23.3 Å². The van der Waals surface area contributed by atoms with E-state index in [0.717, 1.165) is 0 Å². The fourth-order valence-corrected chi connectivity index (χ4v) is 1.40. The highest BCUT2D eigenvalue weighted by atomic mass is 16.4. The summed E-state index contributed by atoms with van der Waals surface area (Å²) in [6.45, 7) is 0.528. The maximum atomic E-state index is 11.6. The van der Waals surface area contributed by atoms with Crippen LogP contribution in [0.4, 0.5) is 0 Å². The molecule has 0 atom stereocenters. The molecule has 0 saturated heterocycles. The van der Waals surface area contributed by atoms with Crippen LogP contribution in [0, 0.1) is 0 Å². The summed E-state index contributed by atoms with van der Waals surface area (Å²) in [6, 6.07) is 7.18. The summed E-state index contributed by atoms with van der Waals surface area (Å²) in [5.74, 6) is 0.448. The average molecular weight is 204 g/mol. The molecular formula is C11H12N2O2. The Bertz CT molecular complexity index is 531. The van der Waals surface area contributed by atoms with Crippen LogP contribution in [0.15, 0.2) is 33.5 Å². The smallest absolute Gasteiger partial charge is 0.346 e. The number of para-hydroxylation sites is 1. The van der Waals surface area contributed by atoms with Crippen LogP contribution >= 0.6 is 0 Å². The van der Waals surface area contributed by atoms with E-state index in [1.54, 1.807) is 12.1 Å². The quantitative estimate of drug-likeness (QED) is 0.738. The van der Waals surface area contributed by atoms with Gasteiger partial charge in [-0.05, 0) is 26.2 Å². The van der Waals surface area contributed by atoms with Gasteiger partial charge in [-0.2, -0.15) is 0 Å². The standard InChI is InChI=1S/C11H12N2O2/c1-13(2)7-10-12-9-6-4-3-5-8(9)11(14)15-10/h3-6H,7H2,1-2H3. The van der Waals surface area contributed by atoms with E-state index in [1.165, 1.54) is 0 Å². The summed E-state index contributed by atoms with van der Waals surface area (Å²) in [6.07, 6.45) is 0.